The molecule has 0 aromatic carbocycles. The van der Waals surface area contributed by atoms with Crippen molar-refractivity contribution in [3.63, 3.8) is 0 Å². The third kappa shape index (κ3) is 0.671. The molecular formula is C6H12N+. The van der Waals surface area contributed by atoms with Crippen LogP contribution in [0.4, 0.5) is 0 Å². The van der Waals surface area contributed by atoms with Crippen LogP contribution in [-0.2, 0) is 0 Å². The lowest BCUT2D eigenvalue weighted by Gasteiger charge is -2.18. The SMILES string of the molecule is CC=[N+]1CCC1C. The highest BCUT2D eigenvalue weighted by molar-refractivity contribution is 5.47. The Bertz CT molecular complexity index is 94.4. The molecule has 1 rings (SSSR count). The first-order valence-corrected chi connectivity index (χ1v) is 2.90. The predicted molar refractivity (Wildman–Crippen MR) is 30.9 cm³/mol. The van der Waals surface area contributed by atoms with Gasteiger partial charge in [-0.1, -0.05) is 0 Å². The van der Waals surface area contributed by atoms with Gasteiger partial charge in [0.15, 0.2) is 6.04 Å². The molecule has 0 aromatic heterocycles. The van der Waals surface area contributed by atoms with Crippen molar-refractivity contribution in [3.05, 3.63) is 0 Å². The molecule has 1 fully saturated rings. The van der Waals surface area contributed by atoms with Gasteiger partial charge in [0.2, 0.25) is 0 Å². The predicted octanol–water partition coefficient (Wildman–Crippen LogP) is 0.882. The third-order valence-corrected chi connectivity index (χ3v) is 1.70. The van der Waals surface area contributed by atoms with Crippen molar-refractivity contribution in [2.45, 2.75) is 26.3 Å². The summed E-state index contributed by atoms with van der Waals surface area (Å²) in [5, 5.41) is 0. The monoisotopic (exact) mass is 98.1 g/mol. The fourth-order valence-electron chi connectivity index (χ4n) is 0.920. The molecule has 1 aliphatic rings. The molecule has 7 heavy (non-hydrogen) atoms. The quantitative estimate of drug-likeness (QED) is 0.396. The van der Waals surface area contributed by atoms with Crippen molar-refractivity contribution >= 4 is 6.21 Å². The van der Waals surface area contributed by atoms with Gasteiger partial charge < -0.3 is 0 Å². The summed E-state index contributed by atoms with van der Waals surface area (Å²) in [7, 11) is 0. The van der Waals surface area contributed by atoms with Gasteiger partial charge in [-0.25, -0.2) is 4.58 Å². The molecule has 0 N–H and O–H groups in total. The lowest BCUT2D eigenvalue weighted by Crippen LogP contribution is -2.37. The highest BCUT2D eigenvalue weighted by atomic mass is 15.1. The van der Waals surface area contributed by atoms with Crippen LogP contribution in [0.5, 0.6) is 0 Å². The van der Waals surface area contributed by atoms with E-state index in [1.54, 1.807) is 0 Å². The number of nitrogens with zero attached hydrogens (tertiary/aromatic N) is 1. The lowest BCUT2D eigenvalue weighted by molar-refractivity contribution is -0.617. The molecule has 1 heterocycles. The molecule has 0 aliphatic carbocycles. The summed E-state index contributed by atoms with van der Waals surface area (Å²) in [5.41, 5.74) is 0. The minimum atomic E-state index is 0.824. The van der Waals surface area contributed by atoms with E-state index < -0.39 is 0 Å². The largest absolute Gasteiger partial charge is 0.237 e. The van der Waals surface area contributed by atoms with Crippen LogP contribution in [0.2, 0.25) is 0 Å². The third-order valence-electron chi connectivity index (χ3n) is 1.70. The minimum absolute atomic E-state index is 0.824. The Morgan fingerprint density at radius 3 is 2.43 bits per heavy atom. The van der Waals surface area contributed by atoms with Crippen molar-refractivity contribution in [2.24, 2.45) is 0 Å². The van der Waals surface area contributed by atoms with Gasteiger partial charge >= 0.3 is 0 Å². The van der Waals surface area contributed by atoms with Gasteiger partial charge in [0.05, 0.1) is 6.42 Å². The number of hydrogen-bond acceptors (Lipinski definition) is 0. The van der Waals surface area contributed by atoms with Crippen molar-refractivity contribution in [1.82, 2.24) is 0 Å². The Kier molecular flexibility index (Phi) is 1.13. The molecule has 0 aromatic rings. The van der Waals surface area contributed by atoms with Gasteiger partial charge in [-0.2, -0.15) is 0 Å². The molecule has 1 unspecified atom stereocenters. The minimum Gasteiger partial charge on any atom is -0.237 e. The fraction of sp³-hybridized carbons (Fsp3) is 0.833. The van der Waals surface area contributed by atoms with Crippen molar-refractivity contribution in [1.29, 1.82) is 0 Å². The van der Waals surface area contributed by atoms with Crippen LogP contribution in [-0.4, -0.2) is 23.4 Å². The summed E-state index contributed by atoms with van der Waals surface area (Å²) in [6.07, 6.45) is 3.54. The standard InChI is InChI=1S/C6H12N/c1-3-7-5-4-6(7)2/h3,6H,4-5H2,1-2H3/q+1. The molecule has 0 spiro atoms. The molecule has 0 radical (unpaired) electrons. The topological polar surface area (TPSA) is 3.01 Å². The lowest BCUT2D eigenvalue weighted by atomic mass is 10.1. The van der Waals surface area contributed by atoms with Crippen LogP contribution >= 0.6 is 0 Å². The molecule has 0 saturated carbocycles. The smallest absolute Gasteiger partial charge is 0.155 e. The molecule has 1 saturated heterocycles. The Hall–Kier alpha value is -0.330. The van der Waals surface area contributed by atoms with Gasteiger partial charge in [0.25, 0.3) is 0 Å². The van der Waals surface area contributed by atoms with E-state index in [1.165, 1.54) is 13.0 Å². The second-order valence-corrected chi connectivity index (χ2v) is 2.13. The van der Waals surface area contributed by atoms with Gasteiger partial charge in [0.1, 0.15) is 12.8 Å². The molecule has 40 valence electrons. The van der Waals surface area contributed by atoms with Crippen LogP contribution in [0.1, 0.15) is 20.3 Å². The van der Waals surface area contributed by atoms with E-state index in [-0.39, 0.29) is 0 Å². The van der Waals surface area contributed by atoms with Gasteiger partial charge in [-0.3, -0.25) is 0 Å². The molecule has 1 heteroatoms. The van der Waals surface area contributed by atoms with Crippen molar-refractivity contribution < 1.29 is 4.58 Å². The second kappa shape index (κ2) is 1.65. The van der Waals surface area contributed by atoms with E-state index in [0.29, 0.717) is 0 Å². The first-order valence-electron chi connectivity index (χ1n) is 2.90. The van der Waals surface area contributed by atoms with Crippen molar-refractivity contribution in [2.75, 3.05) is 6.54 Å². The second-order valence-electron chi connectivity index (χ2n) is 2.13. The number of hydrogen-bond donors (Lipinski definition) is 0. The molecular weight excluding hydrogens is 86.1 g/mol. The van der Waals surface area contributed by atoms with Gasteiger partial charge in [-0.15, -0.1) is 0 Å². The Morgan fingerprint density at radius 2 is 2.43 bits per heavy atom. The van der Waals surface area contributed by atoms with E-state index in [9.17, 15) is 0 Å². The van der Waals surface area contributed by atoms with Crippen LogP contribution < -0.4 is 0 Å². The zero-order valence-electron chi connectivity index (χ0n) is 5.02. The number of rotatable bonds is 0. The molecule has 1 aliphatic heterocycles. The van der Waals surface area contributed by atoms with E-state index in [0.717, 1.165) is 6.04 Å². The van der Waals surface area contributed by atoms with Gasteiger partial charge in [0, 0.05) is 6.92 Å². The maximum absolute atomic E-state index is 2.35. The van der Waals surface area contributed by atoms with E-state index >= 15 is 0 Å². The van der Waals surface area contributed by atoms with E-state index in [1.807, 2.05) is 0 Å². The summed E-state index contributed by atoms with van der Waals surface area (Å²) >= 11 is 0. The highest BCUT2D eigenvalue weighted by Crippen LogP contribution is 2.07. The summed E-state index contributed by atoms with van der Waals surface area (Å²) < 4.78 is 2.35. The summed E-state index contributed by atoms with van der Waals surface area (Å²) in [6.45, 7) is 5.62. The maximum Gasteiger partial charge on any atom is 0.155 e. The highest BCUT2D eigenvalue weighted by Gasteiger charge is 2.24. The summed E-state index contributed by atoms with van der Waals surface area (Å²) in [6, 6.07) is 0.824. The first kappa shape index (κ1) is 4.82. The van der Waals surface area contributed by atoms with E-state index in [2.05, 4.69) is 24.6 Å². The summed E-state index contributed by atoms with van der Waals surface area (Å²) in [4.78, 5) is 0. The average molecular weight is 98.2 g/mol. The normalized spacial score (nSPS) is 35.7. The zero-order chi connectivity index (χ0) is 5.28. The Labute approximate surface area is 44.7 Å². The maximum atomic E-state index is 2.35. The zero-order valence-corrected chi connectivity index (χ0v) is 5.02. The van der Waals surface area contributed by atoms with Crippen molar-refractivity contribution in [3.8, 4) is 0 Å². The van der Waals surface area contributed by atoms with Crippen LogP contribution in [0.15, 0.2) is 0 Å². The Morgan fingerprint density at radius 1 is 1.71 bits per heavy atom. The molecule has 0 amide bonds. The first-order chi connectivity index (χ1) is 3.34. The van der Waals surface area contributed by atoms with Crippen LogP contribution in [0.25, 0.3) is 0 Å². The van der Waals surface area contributed by atoms with Crippen LogP contribution in [0, 0.1) is 0 Å². The summed E-state index contributed by atoms with van der Waals surface area (Å²) in [5.74, 6) is 0. The van der Waals surface area contributed by atoms with Gasteiger partial charge in [-0.05, 0) is 6.92 Å². The van der Waals surface area contributed by atoms with E-state index in [4.69, 9.17) is 0 Å². The van der Waals surface area contributed by atoms with Crippen LogP contribution in [0.3, 0.4) is 0 Å². The molecule has 0 bridgehead atoms. The average Bonchev–Trinajstić information content (AvgIpc) is 1.65. The molecule has 1 nitrogen and oxygen atoms in total. The fourth-order valence-corrected chi connectivity index (χ4v) is 0.920. The Balaban J connectivity index is 2.44. The molecule has 1 atom stereocenters.